The number of aromatic nitrogens is 2. The molecule has 1 atom stereocenters. The number of alkyl halides is 3. The molecule has 11 nitrogen and oxygen atoms in total. The molecule has 236 valence electrons. The molecule has 1 aromatic carbocycles. The number of hydrogen-bond donors (Lipinski definition) is 2. The number of para-hydroxylation sites is 1. The monoisotopic (exact) mass is 629 g/mol. The second-order valence-corrected chi connectivity index (χ2v) is 10.0. The number of carbonyl (C=O) groups excluding carboxylic acids is 3. The van der Waals surface area contributed by atoms with Gasteiger partial charge in [0.15, 0.2) is 11.6 Å². The maximum absolute atomic E-state index is 14.6. The second-order valence-electron chi connectivity index (χ2n) is 10.0. The number of ether oxygens (including phenoxy) is 2. The first kappa shape index (κ1) is 31.2. The second kappa shape index (κ2) is 12.8. The molecular weight excluding hydrogens is 602 g/mol. The summed E-state index contributed by atoms with van der Waals surface area (Å²) in [5.41, 5.74) is -0.358. The van der Waals surface area contributed by atoms with Crippen LogP contribution >= 0.6 is 0 Å². The summed E-state index contributed by atoms with van der Waals surface area (Å²) >= 11 is 0. The third-order valence-electron chi connectivity index (χ3n) is 7.28. The molecule has 4 heterocycles. The summed E-state index contributed by atoms with van der Waals surface area (Å²) in [5.74, 6) is 0.581. The van der Waals surface area contributed by atoms with Crippen molar-refractivity contribution >= 4 is 29.2 Å². The number of amides is 2. The number of nitrogens with one attached hydrogen (secondary N) is 2. The Bertz CT molecular complexity index is 1710. The number of methoxy groups -OCH3 is 1. The average molecular weight is 630 g/mol. The molecule has 2 N–H and O–H groups in total. The van der Waals surface area contributed by atoms with Gasteiger partial charge < -0.3 is 29.8 Å². The minimum absolute atomic E-state index is 0.0138. The lowest BCUT2D eigenvalue weighted by atomic mass is 10.0. The Kier molecular flexibility index (Phi) is 8.84. The fraction of sp³-hybridized carbons (Fsp3) is 0.333. The van der Waals surface area contributed by atoms with E-state index in [1.807, 2.05) is 0 Å². The van der Waals surface area contributed by atoms with Crippen LogP contribution in [0.2, 0.25) is 0 Å². The molecule has 2 amide bonds. The van der Waals surface area contributed by atoms with E-state index in [2.05, 4.69) is 27.5 Å². The number of carbonyl (C=O) groups is 3. The SMILES string of the molecule is CC#CC(=O)N1CCC[C@@H]1COc1cnccc1-c1c(Nc2cccc(F)c2OC)c2c(n1OC(=O)C(F)(F)F)CCNC2=O. The van der Waals surface area contributed by atoms with E-state index in [9.17, 15) is 31.9 Å². The molecule has 45 heavy (non-hydrogen) atoms. The summed E-state index contributed by atoms with van der Waals surface area (Å²) in [7, 11) is 1.22. The van der Waals surface area contributed by atoms with Gasteiger partial charge in [0.05, 0.1) is 42.0 Å². The van der Waals surface area contributed by atoms with Gasteiger partial charge in [-0.3, -0.25) is 14.6 Å². The molecule has 0 aliphatic carbocycles. The number of anilines is 2. The van der Waals surface area contributed by atoms with Gasteiger partial charge in [-0.15, -0.1) is 0 Å². The fourth-order valence-corrected chi connectivity index (χ4v) is 5.34. The highest BCUT2D eigenvalue weighted by Gasteiger charge is 2.44. The largest absolute Gasteiger partial charge is 0.493 e. The van der Waals surface area contributed by atoms with Crippen LogP contribution in [0.5, 0.6) is 11.5 Å². The van der Waals surface area contributed by atoms with Crippen molar-refractivity contribution < 1.29 is 46.3 Å². The molecule has 1 saturated heterocycles. The topological polar surface area (TPSA) is 124 Å². The zero-order valence-electron chi connectivity index (χ0n) is 24.1. The minimum Gasteiger partial charge on any atom is -0.492 e. The number of nitrogens with zero attached hydrogens (tertiary/aromatic N) is 3. The van der Waals surface area contributed by atoms with Crippen molar-refractivity contribution in [2.45, 2.75) is 38.4 Å². The third kappa shape index (κ3) is 6.21. The highest BCUT2D eigenvalue weighted by Crippen LogP contribution is 2.44. The van der Waals surface area contributed by atoms with Gasteiger partial charge in [0, 0.05) is 31.3 Å². The maximum Gasteiger partial charge on any atom is 0.493 e. The lowest BCUT2D eigenvalue weighted by Gasteiger charge is -2.23. The van der Waals surface area contributed by atoms with Crippen LogP contribution in [0.4, 0.5) is 28.9 Å². The number of pyridine rings is 1. The third-order valence-corrected chi connectivity index (χ3v) is 7.28. The van der Waals surface area contributed by atoms with E-state index < -0.39 is 23.9 Å². The quantitative estimate of drug-likeness (QED) is 0.286. The predicted octanol–water partition coefficient (Wildman–Crippen LogP) is 3.64. The number of likely N-dealkylation sites (tertiary alicyclic amines) is 1. The van der Waals surface area contributed by atoms with Crippen molar-refractivity contribution in [2.24, 2.45) is 0 Å². The van der Waals surface area contributed by atoms with Crippen LogP contribution in [0.1, 0.15) is 35.8 Å². The van der Waals surface area contributed by atoms with Crippen molar-refractivity contribution in [1.82, 2.24) is 19.9 Å². The summed E-state index contributed by atoms with van der Waals surface area (Å²) in [6.45, 7) is 2.04. The highest BCUT2D eigenvalue weighted by molar-refractivity contribution is 6.07. The van der Waals surface area contributed by atoms with Crippen molar-refractivity contribution in [3.63, 3.8) is 0 Å². The van der Waals surface area contributed by atoms with Crippen molar-refractivity contribution in [2.75, 3.05) is 32.1 Å². The molecule has 15 heteroatoms. The Morgan fingerprint density at radius 1 is 1.24 bits per heavy atom. The Hall–Kier alpha value is -5.26. The van der Waals surface area contributed by atoms with E-state index >= 15 is 0 Å². The summed E-state index contributed by atoms with van der Waals surface area (Å²) in [6.07, 6.45) is -1.42. The van der Waals surface area contributed by atoms with Crippen LogP contribution < -0.4 is 24.9 Å². The van der Waals surface area contributed by atoms with Crippen LogP contribution in [-0.4, -0.2) is 71.4 Å². The van der Waals surface area contributed by atoms with Gasteiger partial charge in [-0.2, -0.15) is 17.9 Å². The van der Waals surface area contributed by atoms with E-state index in [4.69, 9.17) is 14.3 Å². The van der Waals surface area contributed by atoms with Crippen molar-refractivity contribution in [1.29, 1.82) is 0 Å². The predicted molar refractivity (Wildman–Crippen MR) is 151 cm³/mol. The summed E-state index contributed by atoms with van der Waals surface area (Å²) < 4.78 is 67.0. The molecule has 1 fully saturated rings. The first-order valence-corrected chi connectivity index (χ1v) is 13.8. The standard InChI is InChI=1S/C30H27F4N5O6/c1-3-6-23(40)38-14-5-7-17(38)16-44-22-15-35-12-10-18(22)26-25(37-20-9-4-8-19(31)27(20)43-2)24-21(11-13-36-28(24)41)39(26)45-29(42)30(32,33)34/h4,8-10,12,15,17,37H,5,7,11,13-14,16H2,1-2H3,(H,36,41)/t17-/m1/s1. The number of halogens is 4. The molecule has 0 saturated carbocycles. The fourth-order valence-electron chi connectivity index (χ4n) is 5.34. The molecular formula is C30H27F4N5O6. The molecule has 2 aliphatic rings. The zero-order chi connectivity index (χ0) is 32.3. The molecule has 0 spiro atoms. The average Bonchev–Trinajstić information content (AvgIpc) is 3.59. The van der Waals surface area contributed by atoms with Crippen LogP contribution in [0.25, 0.3) is 11.3 Å². The first-order chi connectivity index (χ1) is 21.5. The van der Waals surface area contributed by atoms with Gasteiger partial charge in [-0.25, -0.2) is 9.18 Å². The summed E-state index contributed by atoms with van der Waals surface area (Å²) in [4.78, 5) is 48.4. The van der Waals surface area contributed by atoms with Gasteiger partial charge in [0.25, 0.3) is 11.8 Å². The summed E-state index contributed by atoms with van der Waals surface area (Å²) in [6, 6.07) is 4.99. The van der Waals surface area contributed by atoms with E-state index in [1.165, 1.54) is 37.7 Å². The number of fused-ring (bicyclic) bond motifs is 1. The Morgan fingerprint density at radius 2 is 2.04 bits per heavy atom. The summed E-state index contributed by atoms with van der Waals surface area (Å²) in [5, 5.41) is 5.55. The lowest BCUT2D eigenvalue weighted by Crippen LogP contribution is -2.38. The van der Waals surface area contributed by atoms with Gasteiger partial charge in [0.2, 0.25) is 0 Å². The number of hydrogen-bond acceptors (Lipinski definition) is 8. The molecule has 0 bridgehead atoms. The Morgan fingerprint density at radius 3 is 2.78 bits per heavy atom. The normalized spacial score (nSPS) is 15.8. The minimum atomic E-state index is -5.37. The molecule has 2 aromatic heterocycles. The molecule has 2 aliphatic heterocycles. The van der Waals surface area contributed by atoms with E-state index in [1.54, 1.807) is 11.8 Å². The Labute approximate surface area is 254 Å². The smallest absolute Gasteiger partial charge is 0.492 e. The van der Waals surface area contributed by atoms with Crippen LogP contribution in [0.15, 0.2) is 36.7 Å². The highest BCUT2D eigenvalue weighted by atomic mass is 19.4. The molecule has 3 aromatic rings. The number of benzene rings is 1. The van der Waals surface area contributed by atoms with Gasteiger partial charge in [-0.05, 0) is 43.9 Å². The van der Waals surface area contributed by atoms with Gasteiger partial charge in [0.1, 0.15) is 18.1 Å². The molecule has 0 radical (unpaired) electrons. The molecule has 0 unspecified atom stereocenters. The van der Waals surface area contributed by atoms with Crippen molar-refractivity contribution in [3.05, 3.63) is 53.7 Å². The first-order valence-electron chi connectivity index (χ1n) is 13.8. The van der Waals surface area contributed by atoms with Crippen molar-refractivity contribution in [3.8, 4) is 34.6 Å². The van der Waals surface area contributed by atoms with E-state index in [0.717, 1.165) is 6.07 Å². The van der Waals surface area contributed by atoms with Crippen LogP contribution in [0.3, 0.4) is 0 Å². The lowest BCUT2D eigenvalue weighted by molar-refractivity contribution is -0.199. The maximum atomic E-state index is 14.6. The number of rotatable bonds is 8. The van der Waals surface area contributed by atoms with Crippen LogP contribution in [-0.2, 0) is 16.0 Å². The zero-order valence-corrected chi connectivity index (χ0v) is 24.1. The van der Waals surface area contributed by atoms with Crippen LogP contribution in [0, 0.1) is 17.7 Å². The van der Waals surface area contributed by atoms with Gasteiger partial charge in [-0.1, -0.05) is 12.0 Å². The Balaban J connectivity index is 1.66. The van der Waals surface area contributed by atoms with E-state index in [0.29, 0.717) is 24.1 Å². The molecule has 5 rings (SSSR count). The van der Waals surface area contributed by atoms with Gasteiger partial charge >= 0.3 is 12.1 Å². The van der Waals surface area contributed by atoms with E-state index in [-0.39, 0.29) is 76.9 Å².